The van der Waals surface area contributed by atoms with Crippen molar-refractivity contribution in [3.8, 4) is 0 Å². The SMILES string of the molecule is Cc1cc(N2CCC(N[C@H](C)c3cnn(C(C)C)c3)CC2)nc(C)n1. The lowest BCUT2D eigenvalue weighted by molar-refractivity contribution is 0.379. The molecule has 25 heavy (non-hydrogen) atoms. The molecule has 1 aliphatic heterocycles. The van der Waals surface area contributed by atoms with Crippen LogP contribution in [0.1, 0.15) is 62.8 Å². The first kappa shape index (κ1) is 17.9. The van der Waals surface area contributed by atoms with Crippen LogP contribution < -0.4 is 10.2 Å². The number of aryl methyl sites for hydroxylation is 2. The van der Waals surface area contributed by atoms with Crippen LogP contribution in [0.15, 0.2) is 18.5 Å². The molecule has 0 aromatic carbocycles. The summed E-state index contributed by atoms with van der Waals surface area (Å²) in [6.45, 7) is 12.6. The standard InChI is InChI=1S/C19H30N6/c1-13(2)25-12-17(11-20-25)15(4)22-18-6-8-24(9-7-18)19-10-14(3)21-16(5)23-19/h10-13,15,18,22H,6-9H2,1-5H3/t15-/m1/s1. The van der Waals surface area contributed by atoms with Crippen molar-refractivity contribution < 1.29 is 0 Å². The molecule has 2 aromatic rings. The molecule has 1 saturated heterocycles. The molecular formula is C19H30N6. The molecule has 1 aliphatic rings. The molecule has 1 N–H and O–H groups in total. The minimum Gasteiger partial charge on any atom is -0.356 e. The van der Waals surface area contributed by atoms with E-state index in [9.17, 15) is 0 Å². The topological polar surface area (TPSA) is 58.9 Å². The third-order valence-electron chi connectivity index (χ3n) is 4.91. The second-order valence-corrected chi connectivity index (χ2v) is 7.41. The van der Waals surface area contributed by atoms with Gasteiger partial charge in [0.2, 0.25) is 0 Å². The van der Waals surface area contributed by atoms with Gasteiger partial charge in [0.05, 0.1) is 6.20 Å². The third kappa shape index (κ3) is 4.37. The van der Waals surface area contributed by atoms with Crippen LogP contribution in [-0.2, 0) is 0 Å². The smallest absolute Gasteiger partial charge is 0.132 e. The monoisotopic (exact) mass is 342 g/mol. The highest BCUT2D eigenvalue weighted by Crippen LogP contribution is 2.21. The number of hydrogen-bond acceptors (Lipinski definition) is 5. The van der Waals surface area contributed by atoms with Gasteiger partial charge in [-0.25, -0.2) is 9.97 Å². The second kappa shape index (κ2) is 7.52. The van der Waals surface area contributed by atoms with Crippen molar-refractivity contribution in [2.45, 2.75) is 65.6 Å². The maximum absolute atomic E-state index is 4.59. The minimum atomic E-state index is 0.326. The van der Waals surface area contributed by atoms with Crippen molar-refractivity contribution in [3.05, 3.63) is 35.5 Å². The summed E-state index contributed by atoms with van der Waals surface area (Å²) in [5, 5.41) is 8.22. The molecule has 2 aromatic heterocycles. The van der Waals surface area contributed by atoms with Gasteiger partial charge in [-0.05, 0) is 47.5 Å². The summed E-state index contributed by atoms with van der Waals surface area (Å²) in [6.07, 6.45) is 6.40. The highest BCUT2D eigenvalue weighted by Gasteiger charge is 2.22. The Bertz CT molecular complexity index is 679. The van der Waals surface area contributed by atoms with Crippen LogP contribution in [0.3, 0.4) is 0 Å². The largest absolute Gasteiger partial charge is 0.356 e. The van der Waals surface area contributed by atoms with Gasteiger partial charge in [0.15, 0.2) is 0 Å². The fraction of sp³-hybridized carbons (Fsp3) is 0.632. The van der Waals surface area contributed by atoms with Gasteiger partial charge in [-0.15, -0.1) is 0 Å². The summed E-state index contributed by atoms with van der Waals surface area (Å²) in [4.78, 5) is 11.3. The summed E-state index contributed by atoms with van der Waals surface area (Å²) in [7, 11) is 0. The Morgan fingerprint density at radius 1 is 1.12 bits per heavy atom. The number of nitrogens with zero attached hydrogens (tertiary/aromatic N) is 5. The fourth-order valence-electron chi connectivity index (χ4n) is 3.44. The van der Waals surface area contributed by atoms with E-state index in [1.165, 1.54) is 5.56 Å². The normalized spacial score (nSPS) is 17.3. The Hall–Kier alpha value is -1.95. The van der Waals surface area contributed by atoms with E-state index in [1.54, 1.807) is 0 Å². The van der Waals surface area contributed by atoms with Gasteiger partial charge in [-0.2, -0.15) is 5.10 Å². The Morgan fingerprint density at radius 2 is 1.84 bits per heavy atom. The second-order valence-electron chi connectivity index (χ2n) is 7.41. The highest BCUT2D eigenvalue weighted by atomic mass is 15.3. The van der Waals surface area contributed by atoms with E-state index in [4.69, 9.17) is 0 Å². The summed E-state index contributed by atoms with van der Waals surface area (Å²) < 4.78 is 2.02. The average molecular weight is 342 g/mol. The average Bonchev–Trinajstić information content (AvgIpc) is 3.05. The Kier molecular flexibility index (Phi) is 5.37. The van der Waals surface area contributed by atoms with E-state index in [0.29, 0.717) is 18.1 Å². The fourth-order valence-corrected chi connectivity index (χ4v) is 3.44. The quantitative estimate of drug-likeness (QED) is 0.904. The van der Waals surface area contributed by atoms with E-state index in [-0.39, 0.29) is 0 Å². The first-order chi connectivity index (χ1) is 11.9. The van der Waals surface area contributed by atoms with Crippen LogP contribution in [0.4, 0.5) is 5.82 Å². The molecule has 0 aliphatic carbocycles. The Labute approximate surface area is 150 Å². The van der Waals surface area contributed by atoms with Crippen LogP contribution in [0.2, 0.25) is 0 Å². The van der Waals surface area contributed by atoms with Crippen molar-refractivity contribution in [2.24, 2.45) is 0 Å². The van der Waals surface area contributed by atoms with Crippen LogP contribution in [-0.4, -0.2) is 38.9 Å². The van der Waals surface area contributed by atoms with Crippen molar-refractivity contribution in [2.75, 3.05) is 18.0 Å². The summed E-state index contributed by atoms with van der Waals surface area (Å²) in [6, 6.07) is 3.36. The van der Waals surface area contributed by atoms with Crippen molar-refractivity contribution >= 4 is 5.82 Å². The van der Waals surface area contributed by atoms with Gasteiger partial charge in [0, 0.05) is 54.7 Å². The van der Waals surface area contributed by atoms with Gasteiger partial charge in [0.25, 0.3) is 0 Å². The number of piperidine rings is 1. The molecule has 0 radical (unpaired) electrons. The molecule has 1 fully saturated rings. The molecule has 1 atom stereocenters. The van der Waals surface area contributed by atoms with Gasteiger partial charge < -0.3 is 10.2 Å². The molecule has 6 heteroatoms. The van der Waals surface area contributed by atoms with Crippen molar-refractivity contribution in [1.82, 2.24) is 25.1 Å². The van der Waals surface area contributed by atoms with E-state index in [1.807, 2.05) is 24.7 Å². The summed E-state index contributed by atoms with van der Waals surface area (Å²) in [5.74, 6) is 1.92. The molecule has 0 amide bonds. The van der Waals surface area contributed by atoms with E-state index >= 15 is 0 Å². The molecule has 0 bridgehead atoms. The minimum absolute atomic E-state index is 0.326. The predicted octanol–water partition coefficient (Wildman–Crippen LogP) is 3.19. The van der Waals surface area contributed by atoms with Crippen molar-refractivity contribution in [3.63, 3.8) is 0 Å². The third-order valence-corrected chi connectivity index (χ3v) is 4.91. The first-order valence-electron chi connectivity index (χ1n) is 9.29. The summed E-state index contributed by atoms with van der Waals surface area (Å²) in [5.41, 5.74) is 2.30. The zero-order valence-electron chi connectivity index (χ0n) is 16.0. The zero-order valence-corrected chi connectivity index (χ0v) is 16.0. The van der Waals surface area contributed by atoms with Crippen LogP contribution >= 0.6 is 0 Å². The summed E-state index contributed by atoms with van der Waals surface area (Å²) >= 11 is 0. The first-order valence-corrected chi connectivity index (χ1v) is 9.29. The molecule has 3 rings (SSSR count). The molecule has 0 saturated carbocycles. The molecular weight excluding hydrogens is 312 g/mol. The van der Waals surface area contributed by atoms with Gasteiger partial charge in [-0.1, -0.05) is 0 Å². The Morgan fingerprint density at radius 3 is 2.44 bits per heavy atom. The number of hydrogen-bond donors (Lipinski definition) is 1. The number of aromatic nitrogens is 4. The number of anilines is 1. The molecule has 6 nitrogen and oxygen atoms in total. The van der Waals surface area contributed by atoms with E-state index in [0.717, 1.165) is 43.3 Å². The lowest BCUT2D eigenvalue weighted by Gasteiger charge is -2.34. The molecule has 0 unspecified atom stereocenters. The van der Waals surface area contributed by atoms with Gasteiger partial charge >= 0.3 is 0 Å². The molecule has 136 valence electrons. The van der Waals surface area contributed by atoms with Crippen LogP contribution in [0.25, 0.3) is 0 Å². The Balaban J connectivity index is 1.55. The zero-order chi connectivity index (χ0) is 18.0. The lowest BCUT2D eigenvalue weighted by atomic mass is 10.0. The van der Waals surface area contributed by atoms with Gasteiger partial charge in [-0.3, -0.25) is 4.68 Å². The lowest BCUT2D eigenvalue weighted by Crippen LogP contribution is -2.43. The highest BCUT2D eigenvalue weighted by molar-refractivity contribution is 5.40. The van der Waals surface area contributed by atoms with Gasteiger partial charge in [0.1, 0.15) is 11.6 Å². The molecule has 0 spiro atoms. The number of rotatable bonds is 5. The molecule has 3 heterocycles. The van der Waals surface area contributed by atoms with Crippen molar-refractivity contribution in [1.29, 1.82) is 0 Å². The van der Waals surface area contributed by atoms with Crippen LogP contribution in [0, 0.1) is 13.8 Å². The predicted molar refractivity (Wildman–Crippen MR) is 101 cm³/mol. The number of nitrogens with one attached hydrogen (secondary N) is 1. The maximum Gasteiger partial charge on any atom is 0.132 e. The van der Waals surface area contributed by atoms with Crippen LogP contribution in [0.5, 0.6) is 0 Å². The maximum atomic E-state index is 4.59. The van der Waals surface area contributed by atoms with E-state index in [2.05, 4.69) is 58.3 Å². The van der Waals surface area contributed by atoms with E-state index < -0.39 is 0 Å².